The number of urea groups is 1. The Bertz CT molecular complexity index is 282. The van der Waals surface area contributed by atoms with Gasteiger partial charge in [0.2, 0.25) is 0 Å². The van der Waals surface area contributed by atoms with Gasteiger partial charge in [0.25, 0.3) is 0 Å². The molecule has 1 atom stereocenters. The van der Waals surface area contributed by atoms with E-state index in [0.717, 1.165) is 12.8 Å². The lowest BCUT2D eigenvalue weighted by molar-refractivity contribution is -0.141. The SMILES string of the molecule is C=CCCOCCNC(=O)NCC(CCC)C(=O)O. The van der Waals surface area contributed by atoms with E-state index in [9.17, 15) is 9.59 Å². The number of rotatable bonds is 11. The van der Waals surface area contributed by atoms with E-state index in [1.807, 2.05) is 6.92 Å². The first-order valence-corrected chi connectivity index (χ1v) is 6.55. The number of carbonyl (C=O) groups excluding carboxylic acids is 1. The summed E-state index contributed by atoms with van der Waals surface area (Å²) in [5, 5.41) is 14.1. The van der Waals surface area contributed by atoms with Crippen molar-refractivity contribution in [2.45, 2.75) is 26.2 Å². The van der Waals surface area contributed by atoms with Gasteiger partial charge in [0.15, 0.2) is 0 Å². The van der Waals surface area contributed by atoms with E-state index >= 15 is 0 Å². The number of amides is 2. The van der Waals surface area contributed by atoms with Crippen molar-refractivity contribution in [2.75, 3.05) is 26.3 Å². The molecule has 0 radical (unpaired) electrons. The van der Waals surface area contributed by atoms with Crippen molar-refractivity contribution in [3.8, 4) is 0 Å². The van der Waals surface area contributed by atoms with Crippen molar-refractivity contribution >= 4 is 12.0 Å². The van der Waals surface area contributed by atoms with E-state index in [0.29, 0.717) is 26.2 Å². The third kappa shape index (κ3) is 10.1. The van der Waals surface area contributed by atoms with E-state index in [4.69, 9.17) is 9.84 Å². The first-order chi connectivity index (χ1) is 9.11. The predicted molar refractivity (Wildman–Crippen MR) is 73.1 cm³/mol. The third-order valence-corrected chi connectivity index (χ3v) is 2.49. The highest BCUT2D eigenvalue weighted by Gasteiger charge is 2.16. The fourth-order valence-corrected chi connectivity index (χ4v) is 1.45. The number of nitrogens with one attached hydrogen (secondary N) is 2. The second kappa shape index (κ2) is 11.5. The molecule has 0 fully saturated rings. The van der Waals surface area contributed by atoms with Crippen LogP contribution in [0.3, 0.4) is 0 Å². The minimum Gasteiger partial charge on any atom is -0.481 e. The Morgan fingerprint density at radius 2 is 2.11 bits per heavy atom. The molecular weight excluding hydrogens is 248 g/mol. The summed E-state index contributed by atoms with van der Waals surface area (Å²) in [6.45, 7) is 7.04. The Morgan fingerprint density at radius 1 is 1.37 bits per heavy atom. The summed E-state index contributed by atoms with van der Waals surface area (Å²) in [7, 11) is 0. The summed E-state index contributed by atoms with van der Waals surface area (Å²) in [6.07, 6.45) is 3.88. The van der Waals surface area contributed by atoms with Gasteiger partial charge in [-0.25, -0.2) is 4.79 Å². The molecule has 0 aromatic carbocycles. The smallest absolute Gasteiger partial charge is 0.314 e. The molecule has 0 spiro atoms. The zero-order chi connectivity index (χ0) is 14.5. The summed E-state index contributed by atoms with van der Waals surface area (Å²) in [4.78, 5) is 22.2. The molecule has 6 heteroatoms. The Hall–Kier alpha value is -1.56. The molecule has 19 heavy (non-hydrogen) atoms. The van der Waals surface area contributed by atoms with Gasteiger partial charge >= 0.3 is 12.0 Å². The van der Waals surface area contributed by atoms with Gasteiger partial charge in [-0.15, -0.1) is 6.58 Å². The summed E-state index contributed by atoms with van der Waals surface area (Å²) in [5.41, 5.74) is 0. The van der Waals surface area contributed by atoms with Crippen molar-refractivity contribution in [1.82, 2.24) is 10.6 Å². The maximum Gasteiger partial charge on any atom is 0.314 e. The lowest BCUT2D eigenvalue weighted by atomic mass is 10.0. The number of hydrogen-bond donors (Lipinski definition) is 3. The van der Waals surface area contributed by atoms with Gasteiger partial charge in [0.1, 0.15) is 0 Å². The molecule has 0 aliphatic rings. The zero-order valence-electron chi connectivity index (χ0n) is 11.5. The summed E-state index contributed by atoms with van der Waals surface area (Å²) in [6, 6.07) is -0.366. The van der Waals surface area contributed by atoms with Crippen LogP contribution in [0.5, 0.6) is 0 Å². The molecule has 3 N–H and O–H groups in total. The predicted octanol–water partition coefficient (Wildman–Crippen LogP) is 1.38. The Kier molecular flexibility index (Phi) is 10.6. The molecule has 0 saturated heterocycles. The molecule has 110 valence electrons. The molecule has 0 heterocycles. The monoisotopic (exact) mass is 272 g/mol. The fraction of sp³-hybridized carbons (Fsp3) is 0.692. The minimum absolute atomic E-state index is 0.145. The van der Waals surface area contributed by atoms with Crippen LogP contribution in [-0.4, -0.2) is 43.4 Å². The molecule has 0 saturated carbocycles. The molecule has 0 aromatic heterocycles. The highest BCUT2D eigenvalue weighted by atomic mass is 16.5. The van der Waals surface area contributed by atoms with Gasteiger partial charge in [0.05, 0.1) is 19.1 Å². The second-order valence-corrected chi connectivity index (χ2v) is 4.15. The average Bonchev–Trinajstić information content (AvgIpc) is 2.38. The topological polar surface area (TPSA) is 87.7 Å². The minimum atomic E-state index is -0.880. The number of carbonyl (C=O) groups is 2. The second-order valence-electron chi connectivity index (χ2n) is 4.15. The van der Waals surface area contributed by atoms with Crippen LogP contribution in [0.2, 0.25) is 0 Å². The maximum absolute atomic E-state index is 11.4. The summed E-state index contributed by atoms with van der Waals surface area (Å²) in [5.74, 6) is -1.41. The standard InChI is InChI=1S/C13H24N2O4/c1-3-5-8-19-9-7-14-13(18)15-10-11(6-4-2)12(16)17/h3,11H,1,4-10H2,2H3,(H,16,17)(H2,14,15,18). The van der Waals surface area contributed by atoms with Crippen molar-refractivity contribution in [3.63, 3.8) is 0 Å². The Morgan fingerprint density at radius 3 is 2.68 bits per heavy atom. The first kappa shape index (κ1) is 17.4. The Labute approximate surface area is 114 Å². The van der Waals surface area contributed by atoms with Gasteiger partial charge in [0, 0.05) is 13.1 Å². The third-order valence-electron chi connectivity index (χ3n) is 2.49. The van der Waals surface area contributed by atoms with Crippen LogP contribution in [0.25, 0.3) is 0 Å². The number of hydrogen-bond acceptors (Lipinski definition) is 3. The highest BCUT2D eigenvalue weighted by molar-refractivity contribution is 5.75. The lowest BCUT2D eigenvalue weighted by Gasteiger charge is -2.13. The molecule has 0 aliphatic carbocycles. The summed E-state index contributed by atoms with van der Waals surface area (Å²) >= 11 is 0. The van der Waals surface area contributed by atoms with Gasteiger partial charge < -0.3 is 20.5 Å². The van der Waals surface area contributed by atoms with Gasteiger partial charge in [-0.1, -0.05) is 19.4 Å². The van der Waals surface area contributed by atoms with Crippen molar-refractivity contribution in [2.24, 2.45) is 5.92 Å². The molecule has 0 aliphatic heterocycles. The molecule has 0 bridgehead atoms. The number of aliphatic carboxylic acids is 1. The lowest BCUT2D eigenvalue weighted by Crippen LogP contribution is -2.41. The van der Waals surface area contributed by atoms with Crippen LogP contribution in [0, 0.1) is 5.92 Å². The average molecular weight is 272 g/mol. The zero-order valence-corrected chi connectivity index (χ0v) is 11.5. The van der Waals surface area contributed by atoms with E-state index < -0.39 is 11.9 Å². The van der Waals surface area contributed by atoms with E-state index in [1.54, 1.807) is 6.08 Å². The molecular formula is C13H24N2O4. The van der Waals surface area contributed by atoms with Crippen molar-refractivity contribution < 1.29 is 19.4 Å². The van der Waals surface area contributed by atoms with Crippen molar-refractivity contribution in [3.05, 3.63) is 12.7 Å². The first-order valence-electron chi connectivity index (χ1n) is 6.55. The van der Waals surface area contributed by atoms with Crippen molar-refractivity contribution in [1.29, 1.82) is 0 Å². The number of carboxylic acids is 1. The Balaban J connectivity index is 3.62. The van der Waals surface area contributed by atoms with Gasteiger partial charge in [-0.2, -0.15) is 0 Å². The highest BCUT2D eigenvalue weighted by Crippen LogP contribution is 2.04. The van der Waals surface area contributed by atoms with Crippen LogP contribution in [0.4, 0.5) is 4.79 Å². The molecule has 6 nitrogen and oxygen atoms in total. The van der Waals surface area contributed by atoms with E-state index in [1.165, 1.54) is 0 Å². The fourth-order valence-electron chi connectivity index (χ4n) is 1.45. The molecule has 0 rings (SSSR count). The summed E-state index contributed by atoms with van der Waals surface area (Å²) < 4.78 is 5.22. The quantitative estimate of drug-likeness (QED) is 0.391. The maximum atomic E-state index is 11.4. The molecule has 2 amide bonds. The molecule has 0 aromatic rings. The molecule has 1 unspecified atom stereocenters. The van der Waals surface area contributed by atoms with Crippen LogP contribution in [0.1, 0.15) is 26.2 Å². The van der Waals surface area contributed by atoms with Gasteiger partial charge in [-0.3, -0.25) is 4.79 Å². The normalized spacial score (nSPS) is 11.6. The van der Waals surface area contributed by atoms with Crippen LogP contribution < -0.4 is 10.6 Å². The largest absolute Gasteiger partial charge is 0.481 e. The number of ether oxygens (including phenoxy) is 1. The van der Waals surface area contributed by atoms with E-state index in [2.05, 4.69) is 17.2 Å². The van der Waals surface area contributed by atoms with Gasteiger partial charge in [-0.05, 0) is 12.8 Å². The van der Waals surface area contributed by atoms with Crippen LogP contribution in [-0.2, 0) is 9.53 Å². The number of carboxylic acid groups (broad SMARTS) is 1. The van der Waals surface area contributed by atoms with Crippen LogP contribution in [0.15, 0.2) is 12.7 Å². The van der Waals surface area contributed by atoms with E-state index in [-0.39, 0.29) is 12.6 Å². The van der Waals surface area contributed by atoms with Crippen LogP contribution >= 0.6 is 0 Å².